The maximum absolute atomic E-state index is 4.30. The Morgan fingerprint density at radius 2 is 1.81 bits per heavy atom. The van der Waals surface area contributed by atoms with Gasteiger partial charge in [0.2, 0.25) is 0 Å². The third-order valence-corrected chi connectivity index (χ3v) is 4.71. The van der Waals surface area contributed by atoms with Crippen LogP contribution in [0, 0.1) is 0 Å². The molecule has 148 valence electrons. The van der Waals surface area contributed by atoms with Crippen molar-refractivity contribution in [2.75, 3.05) is 27.2 Å². The fourth-order valence-electron chi connectivity index (χ4n) is 2.83. The van der Waals surface area contributed by atoms with Crippen LogP contribution >= 0.6 is 0 Å². The highest BCUT2D eigenvalue weighted by Gasteiger charge is 2.09. The van der Waals surface area contributed by atoms with Gasteiger partial charge in [-0.05, 0) is 38.8 Å². The zero-order chi connectivity index (χ0) is 19.3. The van der Waals surface area contributed by atoms with Crippen LogP contribution in [0.15, 0.2) is 48.0 Å². The minimum Gasteiger partial charge on any atom is -0.356 e. The molecule has 27 heavy (non-hydrogen) atoms. The number of aryl methyl sites for hydroxylation is 1. The molecule has 0 amide bonds. The molecular formula is C20H33N7. The Balaban J connectivity index is 1.56. The summed E-state index contributed by atoms with van der Waals surface area (Å²) in [6, 6.07) is 11.1. The van der Waals surface area contributed by atoms with Crippen LogP contribution in [-0.4, -0.2) is 58.9 Å². The van der Waals surface area contributed by atoms with Gasteiger partial charge < -0.3 is 15.2 Å². The van der Waals surface area contributed by atoms with Gasteiger partial charge in [-0.2, -0.15) is 0 Å². The Morgan fingerprint density at radius 3 is 2.52 bits per heavy atom. The number of nitrogens with zero attached hydrogens (tertiary/aromatic N) is 5. The molecule has 2 N–H and O–H groups in total. The van der Waals surface area contributed by atoms with Crippen molar-refractivity contribution in [3.05, 3.63) is 48.5 Å². The summed E-state index contributed by atoms with van der Waals surface area (Å²) in [6.45, 7) is 6.01. The molecule has 0 saturated heterocycles. The molecular weight excluding hydrogens is 338 g/mol. The number of aromatic nitrogens is 3. The Hall–Kier alpha value is -2.41. The lowest BCUT2D eigenvalue weighted by Gasteiger charge is -2.25. The number of nitrogens with one attached hydrogen (secondary N) is 2. The lowest BCUT2D eigenvalue weighted by atomic mass is 10.1. The summed E-state index contributed by atoms with van der Waals surface area (Å²) in [5, 5.41) is 14.4. The lowest BCUT2D eigenvalue weighted by Crippen LogP contribution is -2.40. The molecule has 1 unspecified atom stereocenters. The second-order valence-electron chi connectivity index (χ2n) is 6.87. The summed E-state index contributed by atoms with van der Waals surface area (Å²) in [5.41, 5.74) is 1.35. The molecule has 2 rings (SSSR count). The maximum Gasteiger partial charge on any atom is 0.190 e. The number of unbranched alkanes of at least 4 members (excludes halogenated alkanes) is 1. The van der Waals surface area contributed by atoms with Crippen molar-refractivity contribution in [3.63, 3.8) is 0 Å². The molecule has 1 atom stereocenters. The van der Waals surface area contributed by atoms with E-state index in [1.807, 2.05) is 11.6 Å². The molecule has 0 radical (unpaired) electrons. The minimum absolute atomic E-state index is 0.500. The van der Waals surface area contributed by atoms with E-state index in [9.17, 15) is 0 Å². The van der Waals surface area contributed by atoms with Crippen LogP contribution in [0.4, 0.5) is 0 Å². The fraction of sp³-hybridized carbons (Fsp3) is 0.550. The number of hydrogen-bond acceptors (Lipinski definition) is 4. The molecule has 0 spiro atoms. The van der Waals surface area contributed by atoms with E-state index >= 15 is 0 Å². The van der Waals surface area contributed by atoms with Crippen molar-refractivity contribution in [1.82, 2.24) is 30.3 Å². The number of rotatable bonds is 11. The van der Waals surface area contributed by atoms with Crippen molar-refractivity contribution >= 4 is 5.96 Å². The first-order valence-electron chi connectivity index (χ1n) is 9.70. The monoisotopic (exact) mass is 371 g/mol. The normalized spacial score (nSPS) is 13.0. The molecule has 0 aliphatic rings. The minimum atomic E-state index is 0.500. The highest BCUT2D eigenvalue weighted by Crippen LogP contribution is 2.07. The van der Waals surface area contributed by atoms with Gasteiger partial charge >= 0.3 is 0 Å². The van der Waals surface area contributed by atoms with Gasteiger partial charge in [-0.25, -0.2) is 0 Å². The Labute approximate surface area is 162 Å². The Morgan fingerprint density at radius 1 is 1.11 bits per heavy atom. The van der Waals surface area contributed by atoms with Gasteiger partial charge in [-0.3, -0.25) is 9.89 Å². The molecule has 0 fully saturated rings. The molecule has 1 heterocycles. The van der Waals surface area contributed by atoms with Crippen molar-refractivity contribution in [2.24, 2.45) is 4.99 Å². The van der Waals surface area contributed by atoms with Crippen LogP contribution in [0.25, 0.3) is 0 Å². The number of aliphatic imine (C=N–C) groups is 1. The van der Waals surface area contributed by atoms with E-state index in [2.05, 4.69) is 75.0 Å². The average Bonchev–Trinajstić information content (AvgIpc) is 3.20. The molecule has 1 aromatic carbocycles. The molecule has 7 nitrogen and oxygen atoms in total. The van der Waals surface area contributed by atoms with Gasteiger partial charge in [-0.15, -0.1) is 10.2 Å². The summed E-state index contributed by atoms with van der Waals surface area (Å²) in [7, 11) is 4.00. The highest BCUT2D eigenvalue weighted by atomic mass is 15.2. The van der Waals surface area contributed by atoms with Gasteiger partial charge in [0.15, 0.2) is 5.96 Å². The van der Waals surface area contributed by atoms with Gasteiger partial charge in [0.25, 0.3) is 0 Å². The van der Waals surface area contributed by atoms with Crippen LogP contribution in [0.5, 0.6) is 0 Å². The molecule has 1 aromatic heterocycles. The topological polar surface area (TPSA) is 70.4 Å². The van der Waals surface area contributed by atoms with Crippen LogP contribution < -0.4 is 10.6 Å². The van der Waals surface area contributed by atoms with E-state index < -0.39 is 0 Å². The van der Waals surface area contributed by atoms with Crippen molar-refractivity contribution in [2.45, 2.75) is 45.3 Å². The van der Waals surface area contributed by atoms with E-state index in [-0.39, 0.29) is 0 Å². The number of hydrogen-bond donors (Lipinski definition) is 2. The quantitative estimate of drug-likeness (QED) is 0.360. The van der Waals surface area contributed by atoms with Crippen LogP contribution in [0.3, 0.4) is 0 Å². The fourth-order valence-corrected chi connectivity index (χ4v) is 2.83. The second-order valence-corrected chi connectivity index (χ2v) is 6.87. The van der Waals surface area contributed by atoms with Crippen molar-refractivity contribution < 1.29 is 0 Å². The number of benzene rings is 1. The van der Waals surface area contributed by atoms with E-state index in [0.717, 1.165) is 51.4 Å². The van der Waals surface area contributed by atoms with Crippen LogP contribution in [-0.2, 0) is 13.1 Å². The summed E-state index contributed by atoms with van der Waals surface area (Å²) < 4.78 is 2.00. The summed E-state index contributed by atoms with van der Waals surface area (Å²) in [4.78, 5) is 6.69. The lowest BCUT2D eigenvalue weighted by molar-refractivity contribution is 0.238. The smallest absolute Gasteiger partial charge is 0.190 e. The molecule has 7 heteroatoms. The summed E-state index contributed by atoms with van der Waals surface area (Å²) in [6.07, 6.45) is 6.74. The van der Waals surface area contributed by atoms with Crippen LogP contribution in [0.2, 0.25) is 0 Å². The second kappa shape index (κ2) is 12.1. The van der Waals surface area contributed by atoms with Gasteiger partial charge in [-0.1, -0.05) is 30.3 Å². The number of guanidine groups is 1. The molecule has 0 aliphatic heterocycles. The first-order chi connectivity index (χ1) is 13.2. The third kappa shape index (κ3) is 8.21. The van der Waals surface area contributed by atoms with E-state index in [0.29, 0.717) is 6.04 Å². The van der Waals surface area contributed by atoms with Gasteiger partial charge in [0, 0.05) is 39.3 Å². The zero-order valence-corrected chi connectivity index (χ0v) is 16.8. The highest BCUT2D eigenvalue weighted by molar-refractivity contribution is 5.79. The first kappa shape index (κ1) is 20.9. The first-order valence-corrected chi connectivity index (χ1v) is 9.70. The maximum atomic E-state index is 4.30. The zero-order valence-electron chi connectivity index (χ0n) is 16.8. The molecule has 0 saturated carbocycles. The SMILES string of the molecule is CN=C(NCCCCn1cnnc1)NCCC(C)N(C)Cc1ccccc1. The van der Waals surface area contributed by atoms with E-state index in [4.69, 9.17) is 0 Å². The molecule has 0 aliphatic carbocycles. The predicted octanol–water partition coefficient (Wildman–Crippen LogP) is 2.13. The predicted molar refractivity (Wildman–Crippen MR) is 111 cm³/mol. The average molecular weight is 372 g/mol. The van der Waals surface area contributed by atoms with Crippen molar-refractivity contribution in [3.8, 4) is 0 Å². The Kier molecular flexibility index (Phi) is 9.34. The summed E-state index contributed by atoms with van der Waals surface area (Å²) >= 11 is 0. The van der Waals surface area contributed by atoms with Crippen LogP contribution in [0.1, 0.15) is 31.7 Å². The van der Waals surface area contributed by atoms with E-state index in [1.165, 1.54) is 5.56 Å². The van der Waals surface area contributed by atoms with Gasteiger partial charge in [0.1, 0.15) is 12.7 Å². The van der Waals surface area contributed by atoms with Gasteiger partial charge in [0.05, 0.1) is 0 Å². The largest absolute Gasteiger partial charge is 0.356 e. The summed E-state index contributed by atoms with van der Waals surface area (Å²) in [5.74, 6) is 0.872. The third-order valence-electron chi connectivity index (χ3n) is 4.71. The standard InChI is InChI=1S/C20H33N7/c1-18(26(3)15-19-9-5-4-6-10-19)11-13-23-20(21-2)22-12-7-8-14-27-16-24-25-17-27/h4-6,9-10,16-18H,7-8,11-15H2,1-3H3,(H2,21,22,23). The Bertz CT molecular complexity index is 640. The molecule has 2 aromatic rings. The van der Waals surface area contributed by atoms with E-state index in [1.54, 1.807) is 12.7 Å². The van der Waals surface area contributed by atoms with Crippen molar-refractivity contribution in [1.29, 1.82) is 0 Å². The molecule has 0 bridgehead atoms.